The third kappa shape index (κ3) is 16.4. The second kappa shape index (κ2) is 13.8. The maximum Gasteiger partial charge on any atom is 1.00 e. The molecule has 18 heavy (non-hydrogen) atoms. The first-order valence-electron chi connectivity index (χ1n) is 4.75. The molecule has 0 bridgehead atoms. The fourth-order valence-corrected chi connectivity index (χ4v) is 1.09. The van der Waals surface area contributed by atoms with E-state index < -0.39 is 17.9 Å². The molecule has 0 atom stereocenters. The second-order valence-corrected chi connectivity index (χ2v) is 3.23. The first-order valence-corrected chi connectivity index (χ1v) is 4.75. The van der Waals surface area contributed by atoms with E-state index in [9.17, 15) is 24.6 Å². The van der Waals surface area contributed by atoms with Crippen LogP contribution in [-0.2, 0) is 14.4 Å². The zero-order valence-electron chi connectivity index (χ0n) is 10.7. The normalized spacial score (nSPS) is 9.17. The van der Waals surface area contributed by atoms with Crippen LogP contribution < -0.4 is 69.3 Å². The van der Waals surface area contributed by atoms with Gasteiger partial charge in [0, 0.05) is 31.6 Å². The molecule has 92 valence electrons. The van der Waals surface area contributed by atoms with E-state index in [0.717, 1.165) is 0 Å². The monoisotopic (exact) mass is 277 g/mol. The van der Waals surface area contributed by atoms with Crippen LogP contribution in [0.3, 0.4) is 0 Å². The van der Waals surface area contributed by atoms with E-state index in [-0.39, 0.29) is 98.0 Å². The number of carbonyl (C=O) groups is 3. The van der Waals surface area contributed by atoms with E-state index in [1.807, 2.05) is 0 Å². The summed E-state index contributed by atoms with van der Waals surface area (Å²) in [5.74, 6) is -3.53. The zero-order chi connectivity index (χ0) is 12.6. The summed E-state index contributed by atoms with van der Waals surface area (Å²) < 4.78 is 0. The molecule has 0 aliphatic carbocycles. The molecule has 9 heteroatoms. The first kappa shape index (κ1) is 23.5. The molecular formula is C9H13NNa2O6. The molecule has 0 saturated heterocycles. The molecule has 0 radical (unpaired) electrons. The van der Waals surface area contributed by atoms with E-state index in [4.69, 9.17) is 5.11 Å². The van der Waals surface area contributed by atoms with Crippen molar-refractivity contribution in [2.45, 2.75) is 19.3 Å². The van der Waals surface area contributed by atoms with Crippen LogP contribution in [0.15, 0.2) is 0 Å². The molecule has 1 N–H and O–H groups in total. The summed E-state index contributed by atoms with van der Waals surface area (Å²) in [6.45, 7) is 0.252. The van der Waals surface area contributed by atoms with Gasteiger partial charge in [0.05, 0.1) is 6.42 Å². The standard InChI is InChI=1S/C9H15NO6.2Na/c11-7(12)1-4-10(5-2-8(13)14)6-3-9(15)16;;/h1-6H2,(H,11,12)(H,13,14)(H,15,16);;/q;2*+1/p-2. The topological polar surface area (TPSA) is 121 Å². The van der Waals surface area contributed by atoms with Gasteiger partial charge in [-0.25, -0.2) is 0 Å². The van der Waals surface area contributed by atoms with Crippen LogP contribution in [0.25, 0.3) is 0 Å². The van der Waals surface area contributed by atoms with Crippen molar-refractivity contribution in [2.75, 3.05) is 19.6 Å². The Bertz CT molecular complexity index is 231. The Morgan fingerprint density at radius 1 is 0.833 bits per heavy atom. The predicted molar refractivity (Wildman–Crippen MR) is 47.9 cm³/mol. The van der Waals surface area contributed by atoms with Crippen molar-refractivity contribution < 1.29 is 88.8 Å². The summed E-state index contributed by atoms with van der Waals surface area (Å²) in [4.78, 5) is 32.1. The van der Waals surface area contributed by atoms with Crippen molar-refractivity contribution in [3.05, 3.63) is 0 Å². The number of aliphatic carboxylic acids is 3. The van der Waals surface area contributed by atoms with Crippen molar-refractivity contribution in [2.24, 2.45) is 0 Å². The quantitative estimate of drug-likeness (QED) is 0.415. The number of hydrogen-bond acceptors (Lipinski definition) is 6. The van der Waals surface area contributed by atoms with Gasteiger partial charge in [-0.2, -0.15) is 0 Å². The molecule has 0 unspecified atom stereocenters. The maximum absolute atomic E-state index is 10.3. The average Bonchev–Trinajstić information content (AvgIpc) is 2.15. The van der Waals surface area contributed by atoms with Gasteiger partial charge in [0.1, 0.15) is 0 Å². The van der Waals surface area contributed by atoms with Crippen molar-refractivity contribution >= 4 is 17.9 Å². The van der Waals surface area contributed by atoms with Crippen molar-refractivity contribution in [1.29, 1.82) is 0 Å². The summed E-state index contributed by atoms with van der Waals surface area (Å²) in [6, 6.07) is 0. The smallest absolute Gasteiger partial charge is 0.550 e. The number of hydrogen-bond donors (Lipinski definition) is 1. The third-order valence-electron chi connectivity index (χ3n) is 1.91. The van der Waals surface area contributed by atoms with E-state index in [0.29, 0.717) is 0 Å². The number of carboxylic acid groups (broad SMARTS) is 3. The molecule has 0 aromatic rings. The maximum atomic E-state index is 10.3. The predicted octanol–water partition coefficient (Wildman–Crippen LogP) is -8.95. The third-order valence-corrected chi connectivity index (χ3v) is 1.91. The summed E-state index contributed by atoms with van der Waals surface area (Å²) in [6.07, 6.45) is -0.681. The SMILES string of the molecule is O=C([O-])CCN(CCC(=O)[O-])CCC(=O)O.[Na+].[Na+]. The van der Waals surface area contributed by atoms with Gasteiger partial charge in [-0.15, -0.1) is 0 Å². The molecule has 7 nitrogen and oxygen atoms in total. The van der Waals surface area contributed by atoms with Gasteiger partial charge in [-0.3, -0.25) is 4.79 Å². The molecule has 0 rings (SSSR count). The number of carbonyl (C=O) groups excluding carboxylic acids is 2. The molecule has 0 heterocycles. The zero-order valence-corrected chi connectivity index (χ0v) is 14.7. The van der Waals surface area contributed by atoms with Gasteiger partial charge in [0.25, 0.3) is 0 Å². The van der Waals surface area contributed by atoms with Crippen LogP contribution in [0.1, 0.15) is 19.3 Å². The van der Waals surface area contributed by atoms with Crippen LogP contribution in [-0.4, -0.2) is 47.5 Å². The summed E-state index contributed by atoms with van der Waals surface area (Å²) in [5.41, 5.74) is 0. The van der Waals surface area contributed by atoms with Gasteiger partial charge < -0.3 is 29.8 Å². The summed E-state index contributed by atoms with van der Waals surface area (Å²) in [5, 5.41) is 28.8. The Kier molecular flexibility index (Phi) is 18.0. The van der Waals surface area contributed by atoms with E-state index in [1.54, 1.807) is 0 Å². The summed E-state index contributed by atoms with van der Waals surface area (Å²) >= 11 is 0. The Hall–Kier alpha value is 0.370. The van der Waals surface area contributed by atoms with Crippen LogP contribution in [0.5, 0.6) is 0 Å². The molecule has 0 amide bonds. The van der Waals surface area contributed by atoms with Crippen molar-refractivity contribution in [3.8, 4) is 0 Å². The average molecular weight is 277 g/mol. The largest absolute Gasteiger partial charge is 1.00 e. The Morgan fingerprint density at radius 2 is 1.17 bits per heavy atom. The van der Waals surface area contributed by atoms with E-state index >= 15 is 0 Å². The van der Waals surface area contributed by atoms with Gasteiger partial charge >= 0.3 is 65.1 Å². The Morgan fingerprint density at radius 3 is 1.44 bits per heavy atom. The molecule has 0 fully saturated rings. The number of carboxylic acids is 3. The van der Waals surface area contributed by atoms with Gasteiger partial charge in [-0.1, -0.05) is 0 Å². The van der Waals surface area contributed by atoms with Crippen molar-refractivity contribution in [3.63, 3.8) is 0 Å². The fourth-order valence-electron chi connectivity index (χ4n) is 1.09. The van der Waals surface area contributed by atoms with E-state index in [1.165, 1.54) is 4.90 Å². The summed E-state index contributed by atoms with van der Waals surface area (Å²) in [7, 11) is 0. The van der Waals surface area contributed by atoms with Crippen LogP contribution in [0.4, 0.5) is 0 Å². The van der Waals surface area contributed by atoms with Gasteiger partial charge in [-0.05, 0) is 12.8 Å². The minimum absolute atomic E-state index is 0. The Balaban J connectivity index is -0.00000112. The van der Waals surface area contributed by atoms with Crippen molar-refractivity contribution in [1.82, 2.24) is 4.90 Å². The molecule has 0 saturated carbocycles. The molecule has 0 aromatic carbocycles. The molecule has 0 aliphatic rings. The Labute approximate surface area is 149 Å². The molecule has 0 aromatic heterocycles. The van der Waals surface area contributed by atoms with Gasteiger partial charge in [0.15, 0.2) is 0 Å². The molecule has 0 spiro atoms. The fraction of sp³-hybridized carbons (Fsp3) is 0.667. The minimum atomic E-state index is -1.26. The van der Waals surface area contributed by atoms with Crippen LogP contribution in [0, 0.1) is 0 Å². The second-order valence-electron chi connectivity index (χ2n) is 3.23. The minimum Gasteiger partial charge on any atom is -0.550 e. The number of rotatable bonds is 9. The van der Waals surface area contributed by atoms with Crippen LogP contribution >= 0.6 is 0 Å². The van der Waals surface area contributed by atoms with Gasteiger partial charge in [0.2, 0.25) is 0 Å². The molecule has 0 aliphatic heterocycles. The van der Waals surface area contributed by atoms with E-state index in [2.05, 4.69) is 0 Å². The molecular weight excluding hydrogens is 264 g/mol. The number of nitrogens with zero attached hydrogens (tertiary/aromatic N) is 1. The first-order chi connectivity index (χ1) is 7.41. The van der Waals surface area contributed by atoms with Crippen LogP contribution in [0.2, 0.25) is 0 Å².